The monoisotopic (exact) mass is 281 g/mol. The third-order valence-electron chi connectivity index (χ3n) is 4.08. The normalized spacial score (nSPS) is 36.8. The molecule has 0 spiro atoms. The van der Waals surface area contributed by atoms with Crippen molar-refractivity contribution in [2.75, 3.05) is 13.2 Å². The number of hydrogen-bond donors (Lipinski definition) is 2. The molecule has 5 atom stereocenters. The smallest absolute Gasteiger partial charge is 0.181 e. The molecule has 0 aliphatic carbocycles. The fraction of sp³-hybridized carbons (Fsp3) is 0.786. The molecule has 2 saturated heterocycles. The zero-order valence-electron chi connectivity index (χ0n) is 12.2. The second kappa shape index (κ2) is 5.44. The van der Waals surface area contributed by atoms with Crippen molar-refractivity contribution in [1.29, 1.82) is 0 Å². The van der Waals surface area contributed by atoms with E-state index in [1.807, 2.05) is 17.7 Å². The maximum absolute atomic E-state index is 10.7. The summed E-state index contributed by atoms with van der Waals surface area (Å²) in [7, 11) is 0. The van der Waals surface area contributed by atoms with Crippen molar-refractivity contribution < 1.29 is 14.6 Å². The van der Waals surface area contributed by atoms with Gasteiger partial charge in [-0.1, -0.05) is 13.8 Å². The van der Waals surface area contributed by atoms with Crippen molar-refractivity contribution in [2.45, 2.75) is 51.4 Å². The number of aryl methyl sites for hydroxylation is 1. The molecule has 0 amide bonds. The Bertz CT molecular complexity index is 462. The Kier molecular flexibility index (Phi) is 3.81. The lowest BCUT2D eigenvalue weighted by Crippen LogP contribution is -2.58. The van der Waals surface area contributed by atoms with Crippen LogP contribution in [0.5, 0.6) is 0 Å². The summed E-state index contributed by atoms with van der Waals surface area (Å²) in [5.74, 6) is 1.38. The molecule has 2 bridgehead atoms. The zero-order valence-corrected chi connectivity index (χ0v) is 12.2. The number of nitrogens with one attached hydrogen (secondary N) is 1. The first-order valence-corrected chi connectivity index (χ1v) is 7.26. The molecule has 0 aromatic carbocycles. The summed E-state index contributed by atoms with van der Waals surface area (Å²) in [6.45, 7) is 7.59. The molecule has 112 valence electrons. The highest BCUT2D eigenvalue weighted by Gasteiger charge is 2.50. The topological polar surface area (TPSA) is 68.5 Å². The van der Waals surface area contributed by atoms with Crippen molar-refractivity contribution in [3.8, 4) is 0 Å². The Balaban J connectivity index is 1.82. The maximum Gasteiger partial charge on any atom is 0.181 e. The molecule has 3 heterocycles. The van der Waals surface area contributed by atoms with Crippen LogP contribution < -0.4 is 5.32 Å². The van der Waals surface area contributed by atoms with Gasteiger partial charge < -0.3 is 24.5 Å². The van der Waals surface area contributed by atoms with E-state index < -0.39 is 6.10 Å². The highest BCUT2D eigenvalue weighted by Crippen LogP contribution is 2.36. The van der Waals surface area contributed by atoms with E-state index in [9.17, 15) is 5.11 Å². The lowest BCUT2D eigenvalue weighted by molar-refractivity contribution is -0.165. The SMILES string of the molecule is Cc1nccn1[C@H]1[C@@H]2OC[C@@H](O2)[C@@H](NCC(C)C)[C@@H]1O. The van der Waals surface area contributed by atoms with E-state index in [0.29, 0.717) is 12.5 Å². The van der Waals surface area contributed by atoms with E-state index in [4.69, 9.17) is 9.47 Å². The Morgan fingerprint density at radius 3 is 3.00 bits per heavy atom. The number of aliphatic hydroxyl groups is 1. The van der Waals surface area contributed by atoms with Gasteiger partial charge in [-0.05, 0) is 19.4 Å². The predicted molar refractivity (Wildman–Crippen MR) is 73.2 cm³/mol. The number of ether oxygens (including phenoxy) is 2. The molecular weight excluding hydrogens is 258 g/mol. The van der Waals surface area contributed by atoms with Crippen molar-refractivity contribution in [2.24, 2.45) is 5.92 Å². The van der Waals surface area contributed by atoms with Gasteiger partial charge in [0.2, 0.25) is 0 Å². The second-order valence-electron chi connectivity index (χ2n) is 6.07. The molecular formula is C14H23N3O3. The molecule has 20 heavy (non-hydrogen) atoms. The molecule has 6 heteroatoms. The summed E-state index contributed by atoms with van der Waals surface area (Å²) >= 11 is 0. The van der Waals surface area contributed by atoms with Crippen LogP contribution in [0.1, 0.15) is 25.7 Å². The van der Waals surface area contributed by atoms with Crippen molar-refractivity contribution >= 4 is 0 Å². The molecule has 2 aliphatic rings. The molecule has 1 aromatic rings. The van der Waals surface area contributed by atoms with Crippen molar-refractivity contribution in [1.82, 2.24) is 14.9 Å². The fourth-order valence-corrected chi connectivity index (χ4v) is 3.02. The first kappa shape index (κ1) is 14.0. The molecule has 3 rings (SSSR count). The highest BCUT2D eigenvalue weighted by molar-refractivity contribution is 5.04. The number of rotatable bonds is 4. The van der Waals surface area contributed by atoms with Crippen LogP contribution >= 0.6 is 0 Å². The number of imidazole rings is 1. The molecule has 1 aromatic heterocycles. The van der Waals surface area contributed by atoms with Gasteiger partial charge in [0, 0.05) is 12.4 Å². The minimum atomic E-state index is -0.548. The maximum atomic E-state index is 10.7. The minimum absolute atomic E-state index is 0.0752. The molecule has 0 saturated carbocycles. The fourth-order valence-electron chi connectivity index (χ4n) is 3.02. The zero-order chi connectivity index (χ0) is 14.3. The van der Waals surface area contributed by atoms with E-state index in [0.717, 1.165) is 12.4 Å². The Labute approximate surface area is 119 Å². The van der Waals surface area contributed by atoms with Gasteiger partial charge in [0.05, 0.1) is 18.8 Å². The van der Waals surface area contributed by atoms with Gasteiger partial charge in [0.1, 0.15) is 18.0 Å². The van der Waals surface area contributed by atoms with Gasteiger partial charge >= 0.3 is 0 Å². The van der Waals surface area contributed by atoms with Crippen molar-refractivity contribution in [3.63, 3.8) is 0 Å². The molecule has 2 N–H and O–H groups in total. The van der Waals surface area contributed by atoms with E-state index in [1.165, 1.54) is 0 Å². The Morgan fingerprint density at radius 2 is 2.35 bits per heavy atom. The van der Waals surface area contributed by atoms with Crippen LogP contribution in [0, 0.1) is 12.8 Å². The summed E-state index contributed by atoms with van der Waals surface area (Å²) in [6.07, 6.45) is 2.59. The molecule has 6 nitrogen and oxygen atoms in total. The first-order chi connectivity index (χ1) is 9.58. The quantitative estimate of drug-likeness (QED) is 0.839. The van der Waals surface area contributed by atoms with Gasteiger partial charge in [-0.15, -0.1) is 0 Å². The van der Waals surface area contributed by atoms with Gasteiger partial charge in [0.25, 0.3) is 0 Å². The van der Waals surface area contributed by atoms with Crippen LogP contribution in [0.25, 0.3) is 0 Å². The Morgan fingerprint density at radius 1 is 1.55 bits per heavy atom. The minimum Gasteiger partial charge on any atom is -0.389 e. The van der Waals surface area contributed by atoms with E-state index in [2.05, 4.69) is 24.1 Å². The summed E-state index contributed by atoms with van der Waals surface area (Å²) in [6, 6.07) is -0.358. The third-order valence-corrected chi connectivity index (χ3v) is 4.08. The first-order valence-electron chi connectivity index (χ1n) is 7.26. The standard InChI is InChI=1S/C14H23N3O3/c1-8(2)6-16-11-10-7-19-14(20-10)12(13(11)18)17-5-4-15-9(17)3/h4-5,8,10-14,16,18H,6-7H2,1-3H3/t10-,11-,12-,13+,14-/m1/s1. The average Bonchev–Trinajstić information content (AvgIpc) is 2.99. The van der Waals surface area contributed by atoms with Gasteiger partial charge in [0.15, 0.2) is 6.29 Å². The summed E-state index contributed by atoms with van der Waals surface area (Å²) in [5, 5.41) is 14.2. The summed E-state index contributed by atoms with van der Waals surface area (Å²) in [4.78, 5) is 4.23. The van der Waals surface area contributed by atoms with E-state index >= 15 is 0 Å². The third kappa shape index (κ3) is 2.37. The van der Waals surface area contributed by atoms with Crippen LogP contribution in [0.15, 0.2) is 12.4 Å². The van der Waals surface area contributed by atoms with Crippen molar-refractivity contribution in [3.05, 3.63) is 18.2 Å². The Hall–Kier alpha value is -0.950. The molecule has 0 unspecified atom stereocenters. The number of aliphatic hydroxyl groups excluding tert-OH is 1. The second-order valence-corrected chi connectivity index (χ2v) is 6.07. The predicted octanol–water partition coefficient (Wildman–Crippen LogP) is 0.463. The molecule has 2 fully saturated rings. The van der Waals surface area contributed by atoms with Crippen LogP contribution in [0.2, 0.25) is 0 Å². The average molecular weight is 281 g/mol. The molecule has 2 aliphatic heterocycles. The van der Waals surface area contributed by atoms with E-state index in [-0.39, 0.29) is 24.5 Å². The lowest BCUT2D eigenvalue weighted by atomic mass is 9.95. The number of aromatic nitrogens is 2. The van der Waals surface area contributed by atoms with Gasteiger partial charge in [-0.3, -0.25) is 0 Å². The van der Waals surface area contributed by atoms with Gasteiger partial charge in [-0.2, -0.15) is 0 Å². The van der Waals surface area contributed by atoms with E-state index in [1.54, 1.807) is 6.20 Å². The highest BCUT2D eigenvalue weighted by atomic mass is 16.7. The van der Waals surface area contributed by atoms with Crippen LogP contribution in [-0.4, -0.2) is 52.3 Å². The number of nitrogens with zero attached hydrogens (tertiary/aromatic N) is 2. The number of fused-ring (bicyclic) bond motifs is 2. The van der Waals surface area contributed by atoms with Crippen LogP contribution in [-0.2, 0) is 9.47 Å². The van der Waals surface area contributed by atoms with Crippen LogP contribution in [0.3, 0.4) is 0 Å². The van der Waals surface area contributed by atoms with Crippen LogP contribution in [0.4, 0.5) is 0 Å². The largest absolute Gasteiger partial charge is 0.389 e. The summed E-state index contributed by atoms with van der Waals surface area (Å²) in [5.41, 5.74) is 0. The molecule has 0 radical (unpaired) electrons. The lowest BCUT2D eigenvalue weighted by Gasteiger charge is -2.40. The van der Waals surface area contributed by atoms with Gasteiger partial charge in [-0.25, -0.2) is 4.98 Å². The number of hydrogen-bond acceptors (Lipinski definition) is 5. The summed E-state index contributed by atoms with van der Waals surface area (Å²) < 4.78 is 13.6.